The summed E-state index contributed by atoms with van der Waals surface area (Å²) < 4.78 is 10.2. The molecule has 0 bridgehead atoms. The summed E-state index contributed by atoms with van der Waals surface area (Å²) in [5.74, 6) is -1.49. The first-order chi connectivity index (χ1) is 12.3. The summed E-state index contributed by atoms with van der Waals surface area (Å²) in [4.78, 5) is 40.3. The number of carbonyl (C=O) groups excluding carboxylic acids is 3. The topological polar surface area (TPSA) is 85.5 Å². The molecule has 0 aliphatic heterocycles. The van der Waals surface area contributed by atoms with Gasteiger partial charge in [-0.25, -0.2) is 9.59 Å². The van der Waals surface area contributed by atoms with Crippen molar-refractivity contribution in [2.24, 2.45) is 0 Å². The zero-order valence-electron chi connectivity index (χ0n) is 15.1. The predicted molar refractivity (Wildman–Crippen MR) is 99.5 cm³/mol. The molecule has 2 rings (SSSR count). The number of carbonyl (C=O) groups is 3. The fourth-order valence-corrected chi connectivity index (χ4v) is 3.13. The van der Waals surface area contributed by atoms with Crippen LogP contribution in [-0.4, -0.2) is 35.4 Å². The van der Waals surface area contributed by atoms with Crippen LogP contribution < -0.4 is 0 Å². The van der Waals surface area contributed by atoms with Gasteiger partial charge in [0.25, 0.3) is 0 Å². The molecule has 1 atom stereocenters. The van der Waals surface area contributed by atoms with E-state index in [4.69, 9.17) is 9.47 Å². The van der Waals surface area contributed by atoms with E-state index in [9.17, 15) is 14.4 Å². The molecule has 2 aromatic rings. The molecular formula is C19H21NO5S. The average molecular weight is 375 g/mol. The van der Waals surface area contributed by atoms with Gasteiger partial charge in [0, 0.05) is 16.6 Å². The number of nitrogens with one attached hydrogen (secondary N) is 1. The lowest BCUT2D eigenvalue weighted by atomic mass is 10.1. The largest absolute Gasteiger partial charge is 0.462 e. The molecule has 0 aliphatic rings. The average Bonchev–Trinajstić information content (AvgIpc) is 3.20. The molecule has 2 heterocycles. The standard InChI is InChI=1S/C19H21NO5S/c1-5-24-19(23)16-11(2)17(20-12(16)3)18(22)13(4)25-15(21)9-8-14-7-6-10-26-14/h6-10,13,20H,5H2,1-4H3/b9-8+/t13-/m1/s1. The summed E-state index contributed by atoms with van der Waals surface area (Å²) in [6, 6.07) is 3.74. The lowest BCUT2D eigenvalue weighted by Gasteiger charge is -2.10. The molecule has 0 amide bonds. The maximum atomic E-state index is 12.6. The molecular weight excluding hydrogens is 354 g/mol. The maximum absolute atomic E-state index is 12.6. The molecule has 0 aliphatic carbocycles. The normalized spacial score (nSPS) is 12.2. The summed E-state index contributed by atoms with van der Waals surface area (Å²) in [5, 5.41) is 1.90. The van der Waals surface area contributed by atoms with Crippen LogP contribution in [0.4, 0.5) is 0 Å². The van der Waals surface area contributed by atoms with Crippen molar-refractivity contribution in [3.8, 4) is 0 Å². The molecule has 6 nitrogen and oxygen atoms in total. The van der Waals surface area contributed by atoms with Gasteiger partial charge in [0.05, 0.1) is 17.9 Å². The molecule has 0 saturated heterocycles. The van der Waals surface area contributed by atoms with E-state index in [1.807, 2.05) is 17.5 Å². The van der Waals surface area contributed by atoms with Gasteiger partial charge < -0.3 is 14.5 Å². The second-order valence-corrected chi connectivity index (χ2v) is 6.62. The summed E-state index contributed by atoms with van der Waals surface area (Å²) in [7, 11) is 0. The number of rotatable bonds is 7. The Morgan fingerprint density at radius 3 is 2.65 bits per heavy atom. The number of aryl methyl sites for hydroxylation is 1. The van der Waals surface area contributed by atoms with Crippen LogP contribution in [0, 0.1) is 13.8 Å². The van der Waals surface area contributed by atoms with E-state index in [1.54, 1.807) is 26.8 Å². The van der Waals surface area contributed by atoms with Crippen LogP contribution in [0.25, 0.3) is 6.08 Å². The highest BCUT2D eigenvalue weighted by Crippen LogP contribution is 2.21. The summed E-state index contributed by atoms with van der Waals surface area (Å²) >= 11 is 1.49. The molecule has 0 aromatic carbocycles. The molecule has 7 heteroatoms. The van der Waals surface area contributed by atoms with E-state index >= 15 is 0 Å². The zero-order valence-corrected chi connectivity index (χ0v) is 15.9. The molecule has 0 spiro atoms. The molecule has 0 fully saturated rings. The highest BCUT2D eigenvalue weighted by molar-refractivity contribution is 7.10. The Morgan fingerprint density at radius 1 is 1.31 bits per heavy atom. The second kappa shape index (κ2) is 8.62. The van der Waals surface area contributed by atoms with Crippen LogP contribution in [-0.2, 0) is 14.3 Å². The predicted octanol–water partition coefficient (Wildman–Crippen LogP) is 3.70. The van der Waals surface area contributed by atoms with Gasteiger partial charge in [0.2, 0.25) is 5.78 Å². The van der Waals surface area contributed by atoms with Crippen LogP contribution in [0.5, 0.6) is 0 Å². The minimum atomic E-state index is -0.984. The monoisotopic (exact) mass is 375 g/mol. The molecule has 0 radical (unpaired) electrons. The minimum Gasteiger partial charge on any atom is -0.462 e. The molecule has 0 saturated carbocycles. The highest BCUT2D eigenvalue weighted by Gasteiger charge is 2.27. The van der Waals surface area contributed by atoms with Gasteiger partial charge in [-0.05, 0) is 50.8 Å². The van der Waals surface area contributed by atoms with Crippen molar-refractivity contribution in [2.45, 2.75) is 33.8 Å². The van der Waals surface area contributed by atoms with E-state index in [-0.39, 0.29) is 12.3 Å². The van der Waals surface area contributed by atoms with Gasteiger partial charge >= 0.3 is 11.9 Å². The molecule has 26 heavy (non-hydrogen) atoms. The van der Waals surface area contributed by atoms with Crippen LogP contribution in [0.1, 0.15) is 50.8 Å². The SMILES string of the molecule is CCOC(=O)c1c(C)[nH]c(C(=O)[C@@H](C)OC(=O)/C=C/c2cccs2)c1C. The maximum Gasteiger partial charge on any atom is 0.340 e. The van der Waals surface area contributed by atoms with Crippen molar-refractivity contribution in [1.82, 2.24) is 4.98 Å². The van der Waals surface area contributed by atoms with Crippen molar-refractivity contribution in [3.05, 3.63) is 51.0 Å². The summed E-state index contributed by atoms with van der Waals surface area (Å²) in [5.41, 5.74) is 1.61. The van der Waals surface area contributed by atoms with Gasteiger partial charge in [-0.2, -0.15) is 0 Å². The molecule has 2 aromatic heterocycles. The minimum absolute atomic E-state index is 0.244. The van der Waals surface area contributed by atoms with E-state index in [2.05, 4.69) is 4.98 Å². The van der Waals surface area contributed by atoms with Crippen molar-refractivity contribution >= 4 is 35.1 Å². The number of hydrogen-bond donors (Lipinski definition) is 1. The number of ketones is 1. The number of esters is 2. The third kappa shape index (κ3) is 4.49. The number of H-pyrrole nitrogens is 1. The van der Waals surface area contributed by atoms with E-state index in [0.717, 1.165) is 4.88 Å². The number of thiophene rings is 1. The Bertz CT molecular complexity index is 832. The van der Waals surface area contributed by atoms with Gasteiger partial charge in [0.1, 0.15) is 0 Å². The Hall–Kier alpha value is -2.67. The van der Waals surface area contributed by atoms with E-state index in [0.29, 0.717) is 16.8 Å². The Labute approximate surface area is 155 Å². The van der Waals surface area contributed by atoms with E-state index < -0.39 is 23.8 Å². The number of aromatic amines is 1. The van der Waals surface area contributed by atoms with Crippen molar-refractivity contribution in [2.75, 3.05) is 6.61 Å². The van der Waals surface area contributed by atoms with Gasteiger partial charge in [-0.1, -0.05) is 6.07 Å². The van der Waals surface area contributed by atoms with Crippen molar-refractivity contribution in [3.63, 3.8) is 0 Å². The van der Waals surface area contributed by atoms with E-state index in [1.165, 1.54) is 24.3 Å². The number of Topliss-reactive ketones (excluding diaryl/α,β-unsaturated/α-hetero) is 1. The Balaban J connectivity index is 2.09. The quantitative estimate of drug-likeness (QED) is 0.453. The first-order valence-electron chi connectivity index (χ1n) is 8.17. The summed E-state index contributed by atoms with van der Waals surface area (Å²) in [6.45, 7) is 6.81. The first-order valence-corrected chi connectivity index (χ1v) is 9.05. The lowest BCUT2D eigenvalue weighted by Crippen LogP contribution is -2.24. The fraction of sp³-hybridized carbons (Fsp3) is 0.316. The first kappa shape index (κ1) is 19.7. The Morgan fingerprint density at radius 2 is 2.04 bits per heavy atom. The fourth-order valence-electron chi connectivity index (χ4n) is 2.51. The lowest BCUT2D eigenvalue weighted by molar-refractivity contribution is -0.140. The molecule has 138 valence electrons. The zero-order chi connectivity index (χ0) is 19.3. The van der Waals surface area contributed by atoms with Gasteiger partial charge in [-0.3, -0.25) is 4.79 Å². The van der Waals surface area contributed by atoms with Crippen LogP contribution in [0.2, 0.25) is 0 Å². The van der Waals surface area contributed by atoms with Gasteiger partial charge in [0.15, 0.2) is 6.10 Å². The van der Waals surface area contributed by atoms with Crippen LogP contribution in [0.15, 0.2) is 23.6 Å². The molecule has 1 N–H and O–H groups in total. The Kier molecular flexibility index (Phi) is 6.52. The second-order valence-electron chi connectivity index (χ2n) is 5.64. The summed E-state index contributed by atoms with van der Waals surface area (Å²) in [6.07, 6.45) is 1.93. The van der Waals surface area contributed by atoms with Crippen molar-refractivity contribution in [1.29, 1.82) is 0 Å². The number of hydrogen-bond acceptors (Lipinski definition) is 6. The van der Waals surface area contributed by atoms with Crippen LogP contribution >= 0.6 is 11.3 Å². The number of aromatic nitrogens is 1. The van der Waals surface area contributed by atoms with Gasteiger partial charge in [-0.15, -0.1) is 11.3 Å². The van der Waals surface area contributed by atoms with Crippen LogP contribution in [0.3, 0.4) is 0 Å². The highest BCUT2D eigenvalue weighted by atomic mass is 32.1. The number of ether oxygens (including phenoxy) is 2. The smallest absolute Gasteiger partial charge is 0.340 e. The third-order valence-electron chi connectivity index (χ3n) is 3.75. The molecule has 0 unspecified atom stereocenters. The van der Waals surface area contributed by atoms with Crippen molar-refractivity contribution < 1.29 is 23.9 Å². The third-order valence-corrected chi connectivity index (χ3v) is 4.59.